The number of hydrogen-bond donors (Lipinski definition) is 0. The summed E-state index contributed by atoms with van der Waals surface area (Å²) in [6.45, 7) is 5.09. The average Bonchev–Trinajstić information content (AvgIpc) is 3.02. The van der Waals surface area contributed by atoms with E-state index in [0.29, 0.717) is 0 Å². The van der Waals surface area contributed by atoms with Gasteiger partial charge in [-0.25, -0.2) is 0 Å². The largest absolute Gasteiger partial charge is 0.315 e. The molecule has 0 unspecified atom stereocenters. The van der Waals surface area contributed by atoms with Crippen LogP contribution in [0.4, 0.5) is 0 Å². The van der Waals surface area contributed by atoms with E-state index >= 15 is 0 Å². The predicted octanol–water partition coefficient (Wildman–Crippen LogP) is 3.71. The first kappa shape index (κ1) is 13.0. The summed E-state index contributed by atoms with van der Waals surface area (Å²) >= 11 is 1.89. The Labute approximate surface area is 129 Å². The molecule has 2 aromatic rings. The molecule has 4 rings (SSSR count). The lowest BCUT2D eigenvalue weighted by molar-refractivity contribution is 0.0752. The molecule has 2 heterocycles. The normalized spacial score (nSPS) is 23.3. The summed E-state index contributed by atoms with van der Waals surface area (Å²) in [6.07, 6.45) is 0. The van der Waals surface area contributed by atoms with Crippen LogP contribution in [0.2, 0.25) is 0 Å². The van der Waals surface area contributed by atoms with Crippen molar-refractivity contribution in [3.63, 3.8) is 0 Å². The number of nitrogens with zero attached hydrogens (tertiary/aromatic N) is 1. The highest BCUT2D eigenvalue weighted by atomic mass is 32.2. The van der Waals surface area contributed by atoms with Crippen LogP contribution < -0.4 is 0 Å². The smallest absolute Gasteiger partial charge is 0.255 e. The molecule has 1 saturated heterocycles. The number of aryl methyl sites for hydroxylation is 2. The van der Waals surface area contributed by atoms with E-state index in [4.69, 9.17) is 0 Å². The van der Waals surface area contributed by atoms with Gasteiger partial charge in [0.1, 0.15) is 4.87 Å². The Morgan fingerprint density at radius 1 is 1.10 bits per heavy atom. The number of rotatable bonds is 1. The van der Waals surface area contributed by atoms with E-state index in [1.54, 1.807) is 0 Å². The topological polar surface area (TPSA) is 20.3 Å². The fourth-order valence-electron chi connectivity index (χ4n) is 3.57. The van der Waals surface area contributed by atoms with Gasteiger partial charge >= 0.3 is 0 Å². The Hall–Kier alpha value is -1.74. The number of hydrogen-bond acceptors (Lipinski definition) is 2. The van der Waals surface area contributed by atoms with E-state index in [-0.39, 0.29) is 10.8 Å². The van der Waals surface area contributed by atoms with Crippen LogP contribution in [-0.4, -0.2) is 23.1 Å². The summed E-state index contributed by atoms with van der Waals surface area (Å²) in [5, 5.41) is 0. The average molecular weight is 295 g/mol. The SMILES string of the molecule is Cc1ccc(C)c([C@]23SCCN2C(=O)c2ccccc23)c1. The van der Waals surface area contributed by atoms with Crippen LogP contribution in [0.5, 0.6) is 0 Å². The van der Waals surface area contributed by atoms with Gasteiger partial charge in [-0.2, -0.15) is 0 Å². The summed E-state index contributed by atoms with van der Waals surface area (Å²) < 4.78 is 0. The van der Waals surface area contributed by atoms with Gasteiger partial charge in [0.15, 0.2) is 0 Å². The first-order valence-electron chi connectivity index (χ1n) is 7.28. The van der Waals surface area contributed by atoms with Gasteiger partial charge < -0.3 is 4.90 Å². The van der Waals surface area contributed by atoms with Crippen molar-refractivity contribution >= 4 is 17.7 Å². The Morgan fingerprint density at radius 3 is 2.76 bits per heavy atom. The Bertz CT molecular complexity index is 755. The molecule has 0 saturated carbocycles. The quantitative estimate of drug-likeness (QED) is 0.799. The van der Waals surface area contributed by atoms with Crippen molar-refractivity contribution in [1.29, 1.82) is 0 Å². The molecule has 0 radical (unpaired) electrons. The maximum atomic E-state index is 12.8. The van der Waals surface area contributed by atoms with Gasteiger partial charge in [0.25, 0.3) is 5.91 Å². The van der Waals surface area contributed by atoms with Crippen LogP contribution in [0.15, 0.2) is 42.5 Å². The fraction of sp³-hybridized carbons (Fsp3) is 0.278. The number of benzene rings is 2. The van der Waals surface area contributed by atoms with Gasteiger partial charge in [-0.05, 0) is 31.0 Å². The number of amides is 1. The molecule has 2 aliphatic heterocycles. The lowest BCUT2D eigenvalue weighted by Crippen LogP contribution is -2.38. The van der Waals surface area contributed by atoms with Gasteiger partial charge in [0.2, 0.25) is 0 Å². The zero-order valence-corrected chi connectivity index (χ0v) is 13.0. The Morgan fingerprint density at radius 2 is 1.90 bits per heavy atom. The number of thioether (sulfide) groups is 1. The lowest BCUT2D eigenvalue weighted by Gasteiger charge is -2.34. The Kier molecular flexibility index (Phi) is 2.70. The summed E-state index contributed by atoms with van der Waals surface area (Å²) in [5.74, 6) is 1.17. The van der Waals surface area contributed by atoms with E-state index in [1.165, 1.54) is 16.7 Å². The molecule has 0 spiro atoms. The molecule has 106 valence electrons. The van der Waals surface area contributed by atoms with Crippen LogP contribution in [-0.2, 0) is 4.87 Å². The van der Waals surface area contributed by atoms with Gasteiger partial charge in [-0.15, -0.1) is 11.8 Å². The number of fused-ring (bicyclic) bond motifs is 3. The molecule has 2 aliphatic rings. The summed E-state index contributed by atoms with van der Waals surface area (Å²) in [4.78, 5) is 14.5. The summed E-state index contributed by atoms with van der Waals surface area (Å²) in [5.41, 5.74) is 5.79. The van der Waals surface area contributed by atoms with Gasteiger partial charge in [-0.3, -0.25) is 4.79 Å². The monoisotopic (exact) mass is 295 g/mol. The zero-order valence-electron chi connectivity index (χ0n) is 12.2. The minimum Gasteiger partial charge on any atom is -0.315 e. The first-order chi connectivity index (χ1) is 10.1. The van der Waals surface area contributed by atoms with Crippen molar-refractivity contribution in [2.24, 2.45) is 0 Å². The standard InChI is InChI=1S/C18H17NOS/c1-12-7-8-13(2)16(11-12)18-15-6-4-3-5-14(15)17(20)19(18)9-10-21-18/h3-8,11H,9-10H2,1-2H3/t18-/m0/s1. The molecule has 0 N–H and O–H groups in total. The fourth-order valence-corrected chi connectivity index (χ4v) is 5.18. The predicted molar refractivity (Wildman–Crippen MR) is 86.6 cm³/mol. The number of carbonyl (C=O) groups is 1. The van der Waals surface area contributed by atoms with Crippen LogP contribution in [0.1, 0.15) is 32.6 Å². The molecule has 1 atom stereocenters. The van der Waals surface area contributed by atoms with Crippen molar-refractivity contribution in [3.05, 3.63) is 70.3 Å². The van der Waals surface area contributed by atoms with Crippen LogP contribution in [0, 0.1) is 13.8 Å². The molecule has 2 nitrogen and oxygen atoms in total. The molecule has 3 heteroatoms. The summed E-state index contributed by atoms with van der Waals surface area (Å²) in [6, 6.07) is 14.6. The van der Waals surface area contributed by atoms with E-state index < -0.39 is 0 Å². The van der Waals surface area contributed by atoms with E-state index in [0.717, 1.165) is 23.4 Å². The maximum absolute atomic E-state index is 12.8. The molecule has 0 aromatic heterocycles. The molecule has 0 aliphatic carbocycles. The van der Waals surface area contributed by atoms with E-state index in [1.807, 2.05) is 30.0 Å². The number of carbonyl (C=O) groups excluding carboxylic acids is 1. The van der Waals surface area contributed by atoms with E-state index in [2.05, 4.69) is 43.0 Å². The van der Waals surface area contributed by atoms with Crippen molar-refractivity contribution < 1.29 is 4.79 Å². The van der Waals surface area contributed by atoms with Crippen LogP contribution in [0.25, 0.3) is 0 Å². The zero-order chi connectivity index (χ0) is 14.6. The third kappa shape index (κ3) is 1.58. The molecule has 1 amide bonds. The lowest BCUT2D eigenvalue weighted by atomic mass is 9.92. The summed E-state index contributed by atoms with van der Waals surface area (Å²) in [7, 11) is 0. The van der Waals surface area contributed by atoms with Crippen LogP contribution >= 0.6 is 11.8 Å². The second-order valence-electron chi connectivity index (χ2n) is 5.81. The second kappa shape index (κ2) is 4.38. The van der Waals surface area contributed by atoms with Crippen molar-refractivity contribution in [3.8, 4) is 0 Å². The molecule has 21 heavy (non-hydrogen) atoms. The van der Waals surface area contributed by atoms with Gasteiger partial charge in [-0.1, -0.05) is 42.0 Å². The maximum Gasteiger partial charge on any atom is 0.255 e. The molecule has 2 aromatic carbocycles. The van der Waals surface area contributed by atoms with Gasteiger partial charge in [0.05, 0.1) is 0 Å². The highest BCUT2D eigenvalue weighted by Gasteiger charge is 2.54. The highest BCUT2D eigenvalue weighted by Crippen LogP contribution is 2.55. The highest BCUT2D eigenvalue weighted by molar-refractivity contribution is 8.00. The second-order valence-corrected chi connectivity index (χ2v) is 7.10. The van der Waals surface area contributed by atoms with Crippen molar-refractivity contribution in [2.75, 3.05) is 12.3 Å². The molecular weight excluding hydrogens is 278 g/mol. The molecular formula is C18H17NOS. The minimum absolute atomic E-state index is 0.177. The van der Waals surface area contributed by atoms with Crippen LogP contribution in [0.3, 0.4) is 0 Å². The van der Waals surface area contributed by atoms with E-state index in [9.17, 15) is 4.79 Å². The molecule has 0 bridgehead atoms. The first-order valence-corrected chi connectivity index (χ1v) is 8.26. The third-order valence-corrected chi connectivity index (χ3v) is 6.00. The molecule has 1 fully saturated rings. The van der Waals surface area contributed by atoms with Gasteiger partial charge in [0, 0.05) is 23.4 Å². The Balaban J connectivity index is 2.05. The minimum atomic E-state index is -0.316. The van der Waals surface area contributed by atoms with Crippen molar-refractivity contribution in [2.45, 2.75) is 18.7 Å². The van der Waals surface area contributed by atoms with Crippen molar-refractivity contribution in [1.82, 2.24) is 4.90 Å². The third-order valence-electron chi connectivity index (χ3n) is 4.53.